The molecule has 0 amide bonds. The molecule has 0 aliphatic rings. The zero-order valence-corrected chi connectivity index (χ0v) is 12.1. The second-order valence-electron chi connectivity index (χ2n) is 4.96. The first-order valence-electron chi connectivity index (χ1n) is 6.53. The monoisotopic (exact) mass is 280 g/mol. The van der Waals surface area contributed by atoms with E-state index in [9.17, 15) is 10.1 Å². The van der Waals surface area contributed by atoms with Crippen molar-refractivity contribution in [1.82, 2.24) is 4.98 Å². The third kappa shape index (κ3) is 3.40. The molecule has 0 unspecified atom stereocenters. The van der Waals surface area contributed by atoms with Crippen molar-refractivity contribution < 1.29 is 4.74 Å². The number of nitrogens with zero attached hydrogens (tertiary/aromatic N) is 1. The molecule has 4 heteroatoms. The normalized spacial score (nSPS) is 9.95. The number of H-pyrrole nitrogens is 1. The van der Waals surface area contributed by atoms with Gasteiger partial charge in [-0.05, 0) is 43.2 Å². The van der Waals surface area contributed by atoms with E-state index < -0.39 is 0 Å². The van der Waals surface area contributed by atoms with Gasteiger partial charge >= 0.3 is 0 Å². The lowest BCUT2D eigenvalue weighted by atomic mass is 10.0. The van der Waals surface area contributed by atoms with Crippen LogP contribution in [0.5, 0.6) is 5.75 Å². The van der Waals surface area contributed by atoms with Gasteiger partial charge in [0.05, 0.1) is 0 Å². The van der Waals surface area contributed by atoms with Gasteiger partial charge in [-0.2, -0.15) is 5.26 Å². The Morgan fingerprint density at radius 1 is 1.43 bits per heavy atom. The summed E-state index contributed by atoms with van der Waals surface area (Å²) in [7, 11) is 0. The number of pyridine rings is 1. The highest BCUT2D eigenvalue weighted by atomic mass is 16.5. The van der Waals surface area contributed by atoms with E-state index in [1.807, 2.05) is 37.3 Å². The summed E-state index contributed by atoms with van der Waals surface area (Å²) >= 11 is 0. The van der Waals surface area contributed by atoms with E-state index in [1.165, 1.54) is 0 Å². The molecular formula is C17H16N2O2. The highest BCUT2D eigenvalue weighted by Crippen LogP contribution is 2.25. The summed E-state index contributed by atoms with van der Waals surface area (Å²) in [6, 6.07) is 11.1. The molecule has 0 saturated carbocycles. The summed E-state index contributed by atoms with van der Waals surface area (Å²) in [6.07, 6.45) is 0. The fraction of sp³-hybridized carbons (Fsp3) is 0.176. The molecule has 0 spiro atoms. The van der Waals surface area contributed by atoms with Gasteiger partial charge in [0, 0.05) is 11.3 Å². The van der Waals surface area contributed by atoms with Crippen molar-refractivity contribution in [1.29, 1.82) is 5.26 Å². The summed E-state index contributed by atoms with van der Waals surface area (Å²) < 4.78 is 5.60. The molecule has 0 aliphatic heterocycles. The Morgan fingerprint density at radius 3 is 2.86 bits per heavy atom. The van der Waals surface area contributed by atoms with Gasteiger partial charge in [-0.3, -0.25) is 4.79 Å². The molecule has 0 fully saturated rings. The van der Waals surface area contributed by atoms with Crippen molar-refractivity contribution in [3.05, 3.63) is 64.1 Å². The second-order valence-corrected chi connectivity index (χ2v) is 4.96. The lowest BCUT2D eigenvalue weighted by Gasteiger charge is -2.09. The number of nitriles is 1. The van der Waals surface area contributed by atoms with Gasteiger partial charge in [-0.15, -0.1) is 0 Å². The largest absolute Gasteiger partial charge is 0.489 e. The molecular weight excluding hydrogens is 264 g/mol. The number of aromatic nitrogens is 1. The third-order valence-corrected chi connectivity index (χ3v) is 2.91. The summed E-state index contributed by atoms with van der Waals surface area (Å²) in [5.41, 5.74) is 2.75. The summed E-state index contributed by atoms with van der Waals surface area (Å²) in [5.74, 6) is 0.678. The third-order valence-electron chi connectivity index (χ3n) is 2.91. The molecule has 0 saturated heterocycles. The average molecular weight is 280 g/mol. The SMILES string of the molecule is C=C(C)COc1cccc(-c2cc(C)[nH]c(=O)c2C#N)c1. The van der Waals surface area contributed by atoms with Gasteiger partial charge in [0.1, 0.15) is 24.0 Å². The van der Waals surface area contributed by atoms with Crippen molar-refractivity contribution in [3.8, 4) is 22.9 Å². The van der Waals surface area contributed by atoms with Crippen molar-refractivity contribution in [2.75, 3.05) is 6.61 Å². The predicted octanol–water partition coefficient (Wildman–Crippen LogP) is 3.18. The van der Waals surface area contributed by atoms with Gasteiger partial charge in [0.2, 0.25) is 0 Å². The van der Waals surface area contributed by atoms with Gasteiger partial charge in [0.15, 0.2) is 0 Å². The zero-order valence-electron chi connectivity index (χ0n) is 12.1. The number of aromatic amines is 1. The Morgan fingerprint density at radius 2 is 2.19 bits per heavy atom. The van der Waals surface area contributed by atoms with Crippen LogP contribution in [-0.2, 0) is 0 Å². The van der Waals surface area contributed by atoms with Crippen LogP contribution in [0.4, 0.5) is 0 Å². The molecule has 2 aromatic rings. The number of nitrogens with one attached hydrogen (secondary N) is 1. The van der Waals surface area contributed by atoms with E-state index >= 15 is 0 Å². The number of hydrogen-bond acceptors (Lipinski definition) is 3. The lowest BCUT2D eigenvalue weighted by molar-refractivity contribution is 0.353. The van der Waals surface area contributed by atoms with Crippen LogP contribution in [0.1, 0.15) is 18.2 Å². The van der Waals surface area contributed by atoms with Crippen LogP contribution in [0.25, 0.3) is 11.1 Å². The molecule has 0 radical (unpaired) electrons. The average Bonchev–Trinajstić information content (AvgIpc) is 2.44. The minimum Gasteiger partial charge on any atom is -0.489 e. The Kier molecular flexibility index (Phi) is 4.24. The molecule has 4 nitrogen and oxygen atoms in total. The van der Waals surface area contributed by atoms with Crippen molar-refractivity contribution in [2.24, 2.45) is 0 Å². The maximum absolute atomic E-state index is 11.8. The second kappa shape index (κ2) is 6.10. The van der Waals surface area contributed by atoms with Crippen LogP contribution >= 0.6 is 0 Å². The minimum atomic E-state index is -0.374. The Bertz CT molecular complexity index is 782. The molecule has 1 aromatic carbocycles. The van der Waals surface area contributed by atoms with E-state index in [0.29, 0.717) is 23.6 Å². The molecule has 2 rings (SSSR count). The van der Waals surface area contributed by atoms with E-state index in [-0.39, 0.29) is 11.1 Å². The minimum absolute atomic E-state index is 0.109. The van der Waals surface area contributed by atoms with Crippen LogP contribution in [-0.4, -0.2) is 11.6 Å². The van der Waals surface area contributed by atoms with Crippen molar-refractivity contribution in [3.63, 3.8) is 0 Å². The molecule has 1 aromatic heterocycles. The Balaban J connectivity index is 2.48. The quantitative estimate of drug-likeness (QED) is 0.875. The summed E-state index contributed by atoms with van der Waals surface area (Å²) in [5, 5.41) is 9.18. The first-order valence-corrected chi connectivity index (χ1v) is 6.53. The molecule has 21 heavy (non-hydrogen) atoms. The number of hydrogen-bond donors (Lipinski definition) is 1. The van der Waals surface area contributed by atoms with Crippen LogP contribution in [0, 0.1) is 18.3 Å². The standard InChI is InChI=1S/C17H16N2O2/c1-11(2)10-21-14-6-4-5-13(8-14)15-7-12(3)19-17(20)16(15)9-18/h4-8H,1,10H2,2-3H3,(H,19,20). The number of rotatable bonds is 4. The van der Waals surface area contributed by atoms with Gasteiger partial charge in [0.25, 0.3) is 5.56 Å². The Labute approximate surface area is 123 Å². The van der Waals surface area contributed by atoms with Gasteiger partial charge in [-0.1, -0.05) is 18.7 Å². The fourth-order valence-corrected chi connectivity index (χ4v) is 1.99. The van der Waals surface area contributed by atoms with Gasteiger partial charge < -0.3 is 9.72 Å². The fourth-order valence-electron chi connectivity index (χ4n) is 1.99. The highest BCUT2D eigenvalue weighted by Gasteiger charge is 2.10. The summed E-state index contributed by atoms with van der Waals surface area (Å²) in [6.45, 7) is 7.89. The first kappa shape index (κ1) is 14.6. The van der Waals surface area contributed by atoms with Crippen LogP contribution in [0.3, 0.4) is 0 Å². The first-order chi connectivity index (χ1) is 10.0. The van der Waals surface area contributed by atoms with Crippen LogP contribution in [0.2, 0.25) is 0 Å². The predicted molar refractivity (Wildman–Crippen MR) is 82.3 cm³/mol. The molecule has 1 heterocycles. The lowest BCUT2D eigenvalue weighted by Crippen LogP contribution is -2.12. The topological polar surface area (TPSA) is 65.9 Å². The van der Waals surface area contributed by atoms with Gasteiger partial charge in [-0.25, -0.2) is 0 Å². The summed E-state index contributed by atoms with van der Waals surface area (Å²) in [4.78, 5) is 14.5. The Hall–Kier alpha value is -2.80. The maximum atomic E-state index is 11.8. The number of benzene rings is 1. The molecule has 1 N–H and O–H groups in total. The number of ether oxygens (including phenoxy) is 1. The van der Waals surface area contributed by atoms with E-state index in [2.05, 4.69) is 11.6 Å². The van der Waals surface area contributed by atoms with Crippen LogP contribution in [0.15, 0.2) is 47.3 Å². The van der Waals surface area contributed by atoms with Crippen LogP contribution < -0.4 is 10.3 Å². The zero-order chi connectivity index (χ0) is 15.4. The highest BCUT2D eigenvalue weighted by molar-refractivity contribution is 5.71. The molecule has 0 atom stereocenters. The van der Waals surface area contributed by atoms with Crippen molar-refractivity contribution in [2.45, 2.75) is 13.8 Å². The van der Waals surface area contributed by atoms with Crippen molar-refractivity contribution >= 4 is 0 Å². The molecule has 0 bridgehead atoms. The van der Waals surface area contributed by atoms with E-state index in [4.69, 9.17) is 4.74 Å². The molecule has 0 aliphatic carbocycles. The maximum Gasteiger partial charge on any atom is 0.266 e. The van der Waals surface area contributed by atoms with E-state index in [1.54, 1.807) is 13.0 Å². The smallest absolute Gasteiger partial charge is 0.266 e. The number of aryl methyl sites for hydroxylation is 1. The molecule has 106 valence electrons. The van der Waals surface area contributed by atoms with E-state index in [0.717, 1.165) is 11.1 Å².